The van der Waals surface area contributed by atoms with Gasteiger partial charge in [0, 0.05) is 4.91 Å². The fourth-order valence-electron chi connectivity index (χ4n) is 0.500. The summed E-state index contributed by atoms with van der Waals surface area (Å²) in [6, 6.07) is 0. The highest BCUT2D eigenvalue weighted by atomic mass is 16.4. The molecule has 0 rings (SSSR count). The molecule has 11 heavy (non-hydrogen) atoms. The summed E-state index contributed by atoms with van der Waals surface area (Å²) < 4.78 is 0. The highest BCUT2D eigenvalue weighted by molar-refractivity contribution is 5.78. The summed E-state index contributed by atoms with van der Waals surface area (Å²) in [7, 11) is 0. The molecule has 7 nitrogen and oxygen atoms in total. The van der Waals surface area contributed by atoms with Crippen LogP contribution >= 0.6 is 0 Å². The summed E-state index contributed by atoms with van der Waals surface area (Å²) in [6.45, 7) is 0.0574. The van der Waals surface area contributed by atoms with Crippen LogP contribution in [0.2, 0.25) is 0 Å². The maximum Gasteiger partial charge on any atom is 0.329 e. The zero-order valence-corrected chi connectivity index (χ0v) is 5.77. The average molecular weight is 159 g/mol. The minimum absolute atomic E-state index is 0.0574. The van der Waals surface area contributed by atoms with E-state index in [1.165, 1.54) is 0 Å². The molecule has 0 amide bonds. The number of rotatable bonds is 4. The molecule has 5 N–H and O–H groups in total. The summed E-state index contributed by atoms with van der Waals surface area (Å²) >= 11 is 0. The fraction of sp³-hybridized carbons (Fsp3) is 0.750. The Morgan fingerprint density at radius 3 is 2.64 bits per heavy atom. The van der Waals surface area contributed by atoms with E-state index in [0.717, 1.165) is 0 Å². The minimum Gasteiger partial charge on any atom is -0.480 e. The van der Waals surface area contributed by atoms with Crippen LogP contribution in [-0.2, 0) is 4.79 Å². The molecule has 0 saturated carbocycles. The standard InChI is InChI=1S/C4H9N5O2/c5-2-1-4(6,3(10)11)8-9-7/h1-2,5-6H2,(H,10,11). The highest BCUT2D eigenvalue weighted by Crippen LogP contribution is 2.07. The van der Waals surface area contributed by atoms with Gasteiger partial charge in [0.15, 0.2) is 5.66 Å². The lowest BCUT2D eigenvalue weighted by molar-refractivity contribution is -0.143. The number of carboxylic acid groups (broad SMARTS) is 1. The molecule has 0 aromatic rings. The fourth-order valence-corrected chi connectivity index (χ4v) is 0.500. The lowest BCUT2D eigenvalue weighted by atomic mass is 10.1. The summed E-state index contributed by atoms with van der Waals surface area (Å²) in [5.74, 6) is -1.37. The largest absolute Gasteiger partial charge is 0.480 e. The van der Waals surface area contributed by atoms with Crippen LogP contribution in [0.25, 0.3) is 10.4 Å². The van der Waals surface area contributed by atoms with Crippen molar-refractivity contribution in [1.29, 1.82) is 0 Å². The molecular weight excluding hydrogens is 150 g/mol. The molecule has 0 aliphatic rings. The smallest absolute Gasteiger partial charge is 0.329 e. The van der Waals surface area contributed by atoms with Crippen LogP contribution in [0.1, 0.15) is 6.42 Å². The zero-order chi connectivity index (χ0) is 8.91. The van der Waals surface area contributed by atoms with Crippen LogP contribution in [-0.4, -0.2) is 23.3 Å². The van der Waals surface area contributed by atoms with Gasteiger partial charge in [0.1, 0.15) is 0 Å². The van der Waals surface area contributed by atoms with E-state index in [2.05, 4.69) is 10.0 Å². The third-order valence-corrected chi connectivity index (χ3v) is 1.12. The summed E-state index contributed by atoms with van der Waals surface area (Å²) in [5, 5.41) is 11.4. The van der Waals surface area contributed by atoms with Crippen LogP contribution in [0.5, 0.6) is 0 Å². The van der Waals surface area contributed by atoms with Crippen molar-refractivity contribution < 1.29 is 9.90 Å². The normalized spacial score (nSPS) is 14.7. The molecular formula is C4H9N5O2. The van der Waals surface area contributed by atoms with E-state index < -0.39 is 11.6 Å². The van der Waals surface area contributed by atoms with E-state index in [-0.39, 0.29) is 13.0 Å². The first-order valence-electron chi connectivity index (χ1n) is 2.85. The number of carboxylic acids is 1. The van der Waals surface area contributed by atoms with Crippen molar-refractivity contribution in [2.75, 3.05) is 6.54 Å². The second-order valence-electron chi connectivity index (χ2n) is 1.96. The first kappa shape index (κ1) is 9.70. The third-order valence-electron chi connectivity index (χ3n) is 1.12. The van der Waals surface area contributed by atoms with Crippen LogP contribution in [0, 0.1) is 0 Å². The number of hydrogen-bond acceptors (Lipinski definition) is 4. The van der Waals surface area contributed by atoms with Crippen molar-refractivity contribution in [2.45, 2.75) is 12.1 Å². The van der Waals surface area contributed by atoms with Gasteiger partial charge in [-0.1, -0.05) is 5.11 Å². The van der Waals surface area contributed by atoms with Crippen LogP contribution in [0.15, 0.2) is 5.11 Å². The Labute approximate surface area is 62.6 Å². The minimum atomic E-state index is -1.90. The molecule has 0 aliphatic heterocycles. The molecule has 0 saturated heterocycles. The second kappa shape index (κ2) is 3.77. The number of nitrogens with two attached hydrogens (primary N) is 2. The Bertz CT molecular complexity index is 195. The van der Waals surface area contributed by atoms with Gasteiger partial charge in [0.05, 0.1) is 0 Å². The Morgan fingerprint density at radius 1 is 1.82 bits per heavy atom. The van der Waals surface area contributed by atoms with Gasteiger partial charge in [-0.25, -0.2) is 0 Å². The monoisotopic (exact) mass is 159 g/mol. The van der Waals surface area contributed by atoms with E-state index in [0.29, 0.717) is 0 Å². The first-order valence-corrected chi connectivity index (χ1v) is 2.85. The second-order valence-corrected chi connectivity index (χ2v) is 1.96. The van der Waals surface area contributed by atoms with Crippen molar-refractivity contribution >= 4 is 5.97 Å². The van der Waals surface area contributed by atoms with E-state index in [4.69, 9.17) is 22.1 Å². The average Bonchev–Trinajstić information content (AvgIpc) is 1.88. The Balaban J connectivity index is 4.51. The summed E-state index contributed by atoms with van der Waals surface area (Å²) in [5.41, 5.74) is 16.3. The maximum atomic E-state index is 10.4. The SMILES string of the molecule is [N-]=[N+]=NC(N)(CCN)C(=O)O. The van der Waals surface area contributed by atoms with Crippen molar-refractivity contribution in [2.24, 2.45) is 16.6 Å². The molecule has 0 aliphatic carbocycles. The molecule has 7 heteroatoms. The molecule has 1 atom stereocenters. The van der Waals surface area contributed by atoms with Crippen molar-refractivity contribution in [1.82, 2.24) is 0 Å². The van der Waals surface area contributed by atoms with Gasteiger partial charge in [-0.3, -0.25) is 4.79 Å². The van der Waals surface area contributed by atoms with Gasteiger partial charge in [-0.05, 0) is 18.5 Å². The zero-order valence-electron chi connectivity index (χ0n) is 5.77. The van der Waals surface area contributed by atoms with E-state index >= 15 is 0 Å². The summed E-state index contributed by atoms with van der Waals surface area (Å²) in [4.78, 5) is 12.7. The molecule has 0 aromatic heterocycles. The van der Waals surface area contributed by atoms with Gasteiger partial charge in [0.25, 0.3) is 0 Å². The molecule has 0 bridgehead atoms. The van der Waals surface area contributed by atoms with Crippen LogP contribution < -0.4 is 11.5 Å². The lowest BCUT2D eigenvalue weighted by Crippen LogP contribution is -2.47. The lowest BCUT2D eigenvalue weighted by Gasteiger charge is -2.16. The Hall–Kier alpha value is -1.30. The van der Waals surface area contributed by atoms with E-state index in [1.54, 1.807) is 0 Å². The predicted octanol–water partition coefficient (Wildman–Crippen LogP) is -0.615. The molecule has 0 radical (unpaired) electrons. The first-order chi connectivity index (χ1) is 5.06. The number of hydrogen-bond donors (Lipinski definition) is 3. The number of carbonyl (C=O) groups is 1. The number of aliphatic carboxylic acids is 1. The van der Waals surface area contributed by atoms with Gasteiger partial charge < -0.3 is 16.6 Å². The topological polar surface area (TPSA) is 138 Å². The van der Waals surface area contributed by atoms with Crippen molar-refractivity contribution in [3.05, 3.63) is 10.4 Å². The van der Waals surface area contributed by atoms with E-state index in [1.807, 2.05) is 0 Å². The molecule has 62 valence electrons. The molecule has 1 unspecified atom stereocenters. The number of nitrogens with zero attached hydrogens (tertiary/aromatic N) is 3. The molecule has 0 aromatic carbocycles. The Morgan fingerprint density at radius 2 is 2.36 bits per heavy atom. The highest BCUT2D eigenvalue weighted by Gasteiger charge is 2.31. The van der Waals surface area contributed by atoms with Crippen molar-refractivity contribution in [3.8, 4) is 0 Å². The molecule has 0 heterocycles. The van der Waals surface area contributed by atoms with Crippen molar-refractivity contribution in [3.63, 3.8) is 0 Å². The van der Waals surface area contributed by atoms with Crippen LogP contribution in [0.4, 0.5) is 0 Å². The number of azide groups is 1. The molecule has 0 spiro atoms. The van der Waals surface area contributed by atoms with Crippen LogP contribution in [0.3, 0.4) is 0 Å². The van der Waals surface area contributed by atoms with Gasteiger partial charge in [0.2, 0.25) is 0 Å². The molecule has 0 fully saturated rings. The summed E-state index contributed by atoms with van der Waals surface area (Å²) in [6.07, 6.45) is -0.0770. The predicted molar refractivity (Wildman–Crippen MR) is 37.4 cm³/mol. The maximum absolute atomic E-state index is 10.4. The van der Waals surface area contributed by atoms with E-state index in [9.17, 15) is 4.79 Å². The van der Waals surface area contributed by atoms with Gasteiger partial charge in [-0.15, -0.1) is 0 Å². The Kier molecular flexibility index (Phi) is 3.32. The quantitative estimate of drug-likeness (QED) is 0.286. The third kappa shape index (κ3) is 2.42. The van der Waals surface area contributed by atoms with Gasteiger partial charge >= 0.3 is 5.97 Å². The van der Waals surface area contributed by atoms with Gasteiger partial charge in [-0.2, -0.15) is 0 Å².